The number of hydrogen-bond acceptors (Lipinski definition) is 5. The molecular formula is C15H19NO5. The summed E-state index contributed by atoms with van der Waals surface area (Å²) in [6.07, 6.45) is 3.07. The average Bonchev–Trinajstić information content (AvgIpc) is 2.90. The second-order valence-electron chi connectivity index (χ2n) is 5.09. The van der Waals surface area contributed by atoms with E-state index in [2.05, 4.69) is 5.32 Å². The predicted molar refractivity (Wildman–Crippen MR) is 77.1 cm³/mol. The fraction of sp³-hybridized carbons (Fsp3) is 0.400. The SMILES string of the molecule is COC[C@](C)(O)CNC(=O)/C=C/c1ccc2c(c1)OCO2. The monoisotopic (exact) mass is 293 g/mol. The maximum atomic E-state index is 11.7. The maximum Gasteiger partial charge on any atom is 0.244 e. The summed E-state index contributed by atoms with van der Waals surface area (Å²) < 4.78 is 15.3. The van der Waals surface area contributed by atoms with Gasteiger partial charge in [-0.25, -0.2) is 0 Å². The smallest absolute Gasteiger partial charge is 0.244 e. The van der Waals surface area contributed by atoms with Crippen molar-refractivity contribution in [3.05, 3.63) is 29.8 Å². The van der Waals surface area contributed by atoms with Gasteiger partial charge in [-0.2, -0.15) is 0 Å². The highest BCUT2D eigenvalue weighted by molar-refractivity contribution is 5.91. The normalized spacial score (nSPS) is 16.0. The van der Waals surface area contributed by atoms with Gasteiger partial charge in [-0.1, -0.05) is 6.07 Å². The molecule has 6 heteroatoms. The number of fused-ring (bicyclic) bond motifs is 1. The highest BCUT2D eigenvalue weighted by Gasteiger charge is 2.20. The lowest BCUT2D eigenvalue weighted by molar-refractivity contribution is -0.118. The molecule has 1 aliphatic rings. The summed E-state index contributed by atoms with van der Waals surface area (Å²) in [5, 5.41) is 12.5. The zero-order chi connectivity index (χ0) is 15.3. The van der Waals surface area contributed by atoms with Gasteiger partial charge in [0.1, 0.15) is 5.60 Å². The van der Waals surface area contributed by atoms with Crippen LogP contribution in [0.4, 0.5) is 0 Å². The van der Waals surface area contributed by atoms with Gasteiger partial charge >= 0.3 is 0 Å². The zero-order valence-electron chi connectivity index (χ0n) is 12.1. The number of rotatable bonds is 6. The van der Waals surface area contributed by atoms with Gasteiger partial charge < -0.3 is 24.6 Å². The van der Waals surface area contributed by atoms with Crippen molar-refractivity contribution < 1.29 is 24.1 Å². The number of benzene rings is 1. The molecule has 2 rings (SSSR count). The summed E-state index contributed by atoms with van der Waals surface area (Å²) in [6, 6.07) is 5.43. The molecule has 1 aliphatic heterocycles. The van der Waals surface area contributed by atoms with Gasteiger partial charge in [-0.05, 0) is 30.7 Å². The Balaban J connectivity index is 1.87. The quantitative estimate of drug-likeness (QED) is 0.763. The van der Waals surface area contributed by atoms with Crippen molar-refractivity contribution in [2.45, 2.75) is 12.5 Å². The molecule has 1 heterocycles. The molecule has 1 atom stereocenters. The Morgan fingerprint density at radius 3 is 3.00 bits per heavy atom. The van der Waals surface area contributed by atoms with Crippen LogP contribution in [0.5, 0.6) is 11.5 Å². The molecule has 0 spiro atoms. The molecule has 0 unspecified atom stereocenters. The Morgan fingerprint density at radius 1 is 1.48 bits per heavy atom. The van der Waals surface area contributed by atoms with E-state index in [1.165, 1.54) is 13.2 Å². The lowest BCUT2D eigenvalue weighted by atomic mass is 10.1. The van der Waals surface area contributed by atoms with Gasteiger partial charge in [0.05, 0.1) is 6.61 Å². The van der Waals surface area contributed by atoms with Crippen molar-refractivity contribution >= 4 is 12.0 Å². The second kappa shape index (κ2) is 6.60. The van der Waals surface area contributed by atoms with E-state index in [0.29, 0.717) is 11.5 Å². The number of aliphatic hydroxyl groups is 1. The lowest BCUT2D eigenvalue weighted by Crippen LogP contribution is -2.43. The van der Waals surface area contributed by atoms with Crippen LogP contribution < -0.4 is 14.8 Å². The molecule has 21 heavy (non-hydrogen) atoms. The first-order chi connectivity index (χ1) is 10.00. The largest absolute Gasteiger partial charge is 0.454 e. The summed E-state index contributed by atoms with van der Waals surface area (Å²) in [5.74, 6) is 1.08. The van der Waals surface area contributed by atoms with Crippen LogP contribution in [0, 0.1) is 0 Å². The Morgan fingerprint density at radius 2 is 2.24 bits per heavy atom. The molecule has 1 amide bonds. The fourth-order valence-electron chi connectivity index (χ4n) is 1.89. The molecule has 114 valence electrons. The molecule has 1 aromatic carbocycles. The van der Waals surface area contributed by atoms with Gasteiger partial charge in [-0.15, -0.1) is 0 Å². The molecule has 2 N–H and O–H groups in total. The molecule has 0 bridgehead atoms. The van der Waals surface area contributed by atoms with E-state index >= 15 is 0 Å². The minimum atomic E-state index is -1.09. The Bertz CT molecular complexity index is 539. The highest BCUT2D eigenvalue weighted by Crippen LogP contribution is 2.32. The third-order valence-electron chi connectivity index (χ3n) is 2.92. The van der Waals surface area contributed by atoms with E-state index in [0.717, 1.165) is 5.56 Å². The van der Waals surface area contributed by atoms with E-state index in [1.807, 2.05) is 6.07 Å². The summed E-state index contributed by atoms with van der Waals surface area (Å²) >= 11 is 0. The van der Waals surface area contributed by atoms with Gasteiger partial charge in [-0.3, -0.25) is 4.79 Å². The van der Waals surface area contributed by atoms with E-state index < -0.39 is 5.60 Å². The Hall–Kier alpha value is -2.05. The van der Waals surface area contributed by atoms with Crippen LogP contribution in [0.15, 0.2) is 24.3 Å². The molecule has 1 aromatic rings. The van der Waals surface area contributed by atoms with E-state index in [9.17, 15) is 9.90 Å². The molecule has 0 saturated heterocycles. The van der Waals surface area contributed by atoms with Crippen molar-refractivity contribution in [3.63, 3.8) is 0 Å². The maximum absolute atomic E-state index is 11.7. The number of carbonyl (C=O) groups is 1. The van der Waals surface area contributed by atoms with Crippen molar-refractivity contribution in [1.29, 1.82) is 0 Å². The zero-order valence-corrected chi connectivity index (χ0v) is 12.1. The molecule has 0 radical (unpaired) electrons. The third kappa shape index (κ3) is 4.47. The first kappa shape index (κ1) is 15.3. The van der Waals surface area contributed by atoms with Crippen LogP contribution in [-0.4, -0.2) is 43.7 Å². The molecule has 0 fully saturated rings. The minimum Gasteiger partial charge on any atom is -0.454 e. The number of methoxy groups -OCH3 is 1. The standard InChI is InChI=1S/C15H19NO5/c1-15(18,9-19-2)8-16-14(17)6-4-11-3-5-12-13(7-11)21-10-20-12/h3-7,18H,8-10H2,1-2H3,(H,16,17)/b6-4+/t15-/m1/s1. The molecule has 0 aliphatic carbocycles. The fourth-order valence-corrected chi connectivity index (χ4v) is 1.89. The molecule has 6 nitrogen and oxygen atoms in total. The van der Waals surface area contributed by atoms with Crippen LogP contribution in [0.2, 0.25) is 0 Å². The summed E-state index contributed by atoms with van der Waals surface area (Å²) in [7, 11) is 1.50. The van der Waals surface area contributed by atoms with Gasteiger partial charge in [0.15, 0.2) is 11.5 Å². The average molecular weight is 293 g/mol. The van der Waals surface area contributed by atoms with Crippen molar-refractivity contribution in [2.75, 3.05) is 27.1 Å². The number of carbonyl (C=O) groups excluding carboxylic acids is 1. The second-order valence-corrected chi connectivity index (χ2v) is 5.09. The van der Waals surface area contributed by atoms with Crippen LogP contribution >= 0.6 is 0 Å². The van der Waals surface area contributed by atoms with E-state index in [4.69, 9.17) is 14.2 Å². The summed E-state index contributed by atoms with van der Waals surface area (Å²) in [6.45, 7) is 2.08. The number of nitrogens with one attached hydrogen (secondary N) is 1. The Kier molecular flexibility index (Phi) is 4.82. The van der Waals surface area contributed by atoms with E-state index in [-0.39, 0.29) is 25.9 Å². The van der Waals surface area contributed by atoms with Crippen molar-refractivity contribution in [3.8, 4) is 11.5 Å². The van der Waals surface area contributed by atoms with Crippen LogP contribution in [0.25, 0.3) is 6.08 Å². The molecular weight excluding hydrogens is 274 g/mol. The lowest BCUT2D eigenvalue weighted by Gasteiger charge is -2.21. The topological polar surface area (TPSA) is 77.0 Å². The third-order valence-corrected chi connectivity index (χ3v) is 2.92. The molecule has 0 aromatic heterocycles. The number of ether oxygens (including phenoxy) is 3. The van der Waals surface area contributed by atoms with Gasteiger partial charge in [0, 0.05) is 19.7 Å². The number of hydrogen-bond donors (Lipinski definition) is 2. The highest BCUT2D eigenvalue weighted by atomic mass is 16.7. The Labute approximate surface area is 123 Å². The minimum absolute atomic E-state index is 0.116. The van der Waals surface area contributed by atoms with Crippen LogP contribution in [0.3, 0.4) is 0 Å². The summed E-state index contributed by atoms with van der Waals surface area (Å²) in [4.78, 5) is 11.7. The van der Waals surface area contributed by atoms with Crippen molar-refractivity contribution in [2.24, 2.45) is 0 Å². The van der Waals surface area contributed by atoms with E-state index in [1.54, 1.807) is 25.1 Å². The predicted octanol–water partition coefficient (Wildman–Crippen LogP) is 0.942. The summed E-state index contributed by atoms with van der Waals surface area (Å²) in [5.41, 5.74) is -0.255. The van der Waals surface area contributed by atoms with Gasteiger partial charge in [0.25, 0.3) is 0 Å². The van der Waals surface area contributed by atoms with Crippen LogP contribution in [0.1, 0.15) is 12.5 Å². The first-order valence-electron chi connectivity index (χ1n) is 6.57. The van der Waals surface area contributed by atoms with Crippen LogP contribution in [-0.2, 0) is 9.53 Å². The molecule has 0 saturated carbocycles. The number of amides is 1. The first-order valence-corrected chi connectivity index (χ1v) is 6.57. The van der Waals surface area contributed by atoms with Gasteiger partial charge in [0.2, 0.25) is 12.7 Å². The van der Waals surface area contributed by atoms with Crippen molar-refractivity contribution in [1.82, 2.24) is 5.32 Å².